The molecule has 0 atom stereocenters. The van der Waals surface area contributed by atoms with Crippen molar-refractivity contribution in [1.82, 2.24) is 19.8 Å². The van der Waals surface area contributed by atoms with Crippen LogP contribution in [-0.4, -0.2) is 65.7 Å². The van der Waals surface area contributed by atoms with Crippen molar-refractivity contribution in [1.29, 1.82) is 0 Å². The number of rotatable bonds is 8. The number of thioether (sulfide) groups is 1. The quantitative estimate of drug-likeness (QED) is 0.678. The Hall–Kier alpha value is -2.55. The molecule has 0 aliphatic heterocycles. The number of benzene rings is 1. The van der Waals surface area contributed by atoms with Crippen LogP contribution in [0, 0.1) is 0 Å². The molecule has 140 valence electrons. The summed E-state index contributed by atoms with van der Waals surface area (Å²) in [5.41, 5.74) is 1.65. The lowest BCUT2D eigenvalue weighted by atomic mass is 10.3. The summed E-state index contributed by atoms with van der Waals surface area (Å²) >= 11 is 1.61. The van der Waals surface area contributed by atoms with Crippen LogP contribution in [0.15, 0.2) is 24.3 Å². The monoisotopic (exact) mass is 378 g/mol. The summed E-state index contributed by atoms with van der Waals surface area (Å²) in [5.74, 6) is 0.173. The number of carbonyl (C=O) groups is 3. The molecule has 1 N–H and O–H groups in total. The third-order valence-electron chi connectivity index (χ3n) is 3.74. The van der Waals surface area contributed by atoms with Crippen molar-refractivity contribution in [3.63, 3.8) is 0 Å². The van der Waals surface area contributed by atoms with Gasteiger partial charge in [-0.1, -0.05) is 12.1 Å². The summed E-state index contributed by atoms with van der Waals surface area (Å²) in [5, 5.41) is 2.43. The van der Waals surface area contributed by atoms with Gasteiger partial charge in [0.2, 0.25) is 5.91 Å². The predicted octanol–water partition coefficient (Wildman–Crippen LogP) is 0.647. The van der Waals surface area contributed by atoms with Gasteiger partial charge in [-0.3, -0.25) is 14.4 Å². The number of esters is 1. The molecular formula is C17H22N4O4S. The van der Waals surface area contributed by atoms with Gasteiger partial charge in [0, 0.05) is 14.1 Å². The molecule has 1 heterocycles. The van der Waals surface area contributed by atoms with E-state index in [9.17, 15) is 14.4 Å². The van der Waals surface area contributed by atoms with E-state index in [1.807, 2.05) is 30.5 Å². The van der Waals surface area contributed by atoms with Crippen LogP contribution in [0.25, 0.3) is 11.0 Å². The highest BCUT2D eigenvalue weighted by Crippen LogP contribution is 2.19. The number of nitrogens with zero attached hydrogens (tertiary/aromatic N) is 3. The number of nitrogens with one attached hydrogen (secondary N) is 1. The van der Waals surface area contributed by atoms with Crippen LogP contribution in [0.1, 0.15) is 5.82 Å². The number of ether oxygens (including phenoxy) is 1. The van der Waals surface area contributed by atoms with E-state index in [1.54, 1.807) is 16.3 Å². The minimum Gasteiger partial charge on any atom is -0.454 e. The Morgan fingerprint density at radius 3 is 2.73 bits per heavy atom. The maximum Gasteiger partial charge on any atom is 0.326 e. The molecule has 2 amide bonds. The molecule has 2 aromatic rings. The number of para-hydroxylation sites is 2. The van der Waals surface area contributed by atoms with Crippen molar-refractivity contribution >= 4 is 40.6 Å². The van der Waals surface area contributed by atoms with E-state index in [1.165, 1.54) is 19.0 Å². The fourth-order valence-corrected chi connectivity index (χ4v) is 2.83. The molecule has 1 aromatic heterocycles. The van der Waals surface area contributed by atoms with Gasteiger partial charge >= 0.3 is 5.97 Å². The number of hydrogen-bond acceptors (Lipinski definition) is 6. The first-order chi connectivity index (χ1) is 12.5. The molecule has 2 rings (SSSR count). The molecule has 1 aromatic carbocycles. The molecule has 0 fully saturated rings. The van der Waals surface area contributed by atoms with Crippen LogP contribution < -0.4 is 5.32 Å². The molecule has 0 aliphatic carbocycles. The lowest BCUT2D eigenvalue weighted by Crippen LogP contribution is -2.39. The van der Waals surface area contributed by atoms with Crippen LogP contribution in [0.3, 0.4) is 0 Å². The van der Waals surface area contributed by atoms with E-state index < -0.39 is 18.5 Å². The smallest absolute Gasteiger partial charge is 0.326 e. The molecule has 0 aliphatic rings. The van der Waals surface area contributed by atoms with Crippen LogP contribution in [0.5, 0.6) is 0 Å². The highest BCUT2D eigenvalue weighted by molar-refractivity contribution is 7.97. The second kappa shape index (κ2) is 9.23. The molecule has 26 heavy (non-hydrogen) atoms. The van der Waals surface area contributed by atoms with Gasteiger partial charge < -0.3 is 19.5 Å². The fraction of sp³-hybridized carbons (Fsp3) is 0.412. The second-order valence-corrected chi connectivity index (χ2v) is 6.49. The van der Waals surface area contributed by atoms with Crippen LogP contribution in [0.2, 0.25) is 0 Å². The minimum absolute atomic E-state index is 0.0250. The summed E-state index contributed by atoms with van der Waals surface area (Å²) in [6.07, 6.45) is 1.96. The summed E-state index contributed by atoms with van der Waals surface area (Å²) < 4.78 is 6.88. The molecule has 0 bridgehead atoms. The van der Waals surface area contributed by atoms with Gasteiger partial charge in [0.1, 0.15) is 12.4 Å². The molecule has 0 radical (unpaired) electrons. The van der Waals surface area contributed by atoms with Gasteiger partial charge in [-0.15, -0.1) is 0 Å². The molecule has 8 nitrogen and oxygen atoms in total. The molecular weight excluding hydrogens is 356 g/mol. The Labute approximate surface area is 155 Å². The summed E-state index contributed by atoms with van der Waals surface area (Å²) in [4.78, 5) is 41.1. The zero-order valence-corrected chi connectivity index (χ0v) is 15.8. The van der Waals surface area contributed by atoms with Crippen molar-refractivity contribution in [3.05, 3.63) is 30.1 Å². The number of amides is 2. The van der Waals surface area contributed by atoms with Crippen molar-refractivity contribution in [2.75, 3.05) is 33.5 Å². The predicted molar refractivity (Wildman–Crippen MR) is 99.6 cm³/mol. The normalized spacial score (nSPS) is 10.6. The average molecular weight is 378 g/mol. The Balaban J connectivity index is 1.99. The Kier molecular flexibility index (Phi) is 7.02. The molecule has 9 heteroatoms. The van der Waals surface area contributed by atoms with Crippen LogP contribution >= 0.6 is 11.8 Å². The zero-order valence-electron chi connectivity index (χ0n) is 15.0. The fourth-order valence-electron chi connectivity index (χ4n) is 2.35. The van der Waals surface area contributed by atoms with Crippen LogP contribution in [0.4, 0.5) is 0 Å². The average Bonchev–Trinajstić information content (AvgIpc) is 2.97. The minimum atomic E-state index is -0.530. The van der Waals surface area contributed by atoms with Crippen molar-refractivity contribution in [2.45, 2.75) is 12.3 Å². The van der Waals surface area contributed by atoms with E-state index in [0.717, 1.165) is 16.9 Å². The van der Waals surface area contributed by atoms with Crippen molar-refractivity contribution in [3.8, 4) is 0 Å². The second-order valence-electron chi connectivity index (χ2n) is 5.62. The molecule has 0 unspecified atom stereocenters. The lowest BCUT2D eigenvalue weighted by Gasteiger charge is -2.16. The van der Waals surface area contributed by atoms with E-state index in [4.69, 9.17) is 4.74 Å². The number of imidazole rings is 1. The van der Waals surface area contributed by atoms with E-state index in [0.29, 0.717) is 5.75 Å². The highest BCUT2D eigenvalue weighted by atomic mass is 32.2. The first-order valence-electron chi connectivity index (χ1n) is 7.99. The summed E-state index contributed by atoms with van der Waals surface area (Å²) in [6, 6.07) is 7.55. The number of likely N-dealkylation sites (N-methyl/N-ethyl adjacent to an activating group) is 2. The van der Waals surface area contributed by atoms with Gasteiger partial charge in [-0.2, -0.15) is 11.8 Å². The number of hydrogen-bond donors (Lipinski definition) is 1. The number of aromatic nitrogens is 2. The molecule has 0 saturated heterocycles. The first-order valence-corrected chi connectivity index (χ1v) is 9.39. The van der Waals surface area contributed by atoms with E-state index in [2.05, 4.69) is 10.3 Å². The standard InChI is InChI=1S/C17H22N4O4S/c1-18-15(22)8-20(2)16(23)10-25-17(24)9-21-13-7-5-4-6-12(13)19-14(21)11-26-3/h4-7H,8-11H2,1-3H3,(H,18,22). The Morgan fingerprint density at radius 2 is 2.04 bits per heavy atom. The Bertz CT molecular complexity index is 805. The van der Waals surface area contributed by atoms with Crippen molar-refractivity contribution in [2.24, 2.45) is 0 Å². The van der Waals surface area contributed by atoms with E-state index in [-0.39, 0.29) is 19.0 Å². The molecule has 0 saturated carbocycles. The van der Waals surface area contributed by atoms with Crippen LogP contribution in [-0.2, 0) is 31.4 Å². The van der Waals surface area contributed by atoms with Crippen molar-refractivity contribution < 1.29 is 19.1 Å². The Morgan fingerprint density at radius 1 is 1.31 bits per heavy atom. The van der Waals surface area contributed by atoms with Gasteiger partial charge in [-0.25, -0.2) is 4.98 Å². The van der Waals surface area contributed by atoms with Gasteiger partial charge in [-0.05, 0) is 18.4 Å². The zero-order chi connectivity index (χ0) is 19.1. The van der Waals surface area contributed by atoms with E-state index >= 15 is 0 Å². The first kappa shape index (κ1) is 19.8. The van der Waals surface area contributed by atoms with Gasteiger partial charge in [0.25, 0.3) is 5.91 Å². The summed E-state index contributed by atoms with van der Waals surface area (Å²) in [6.45, 7) is -0.517. The maximum absolute atomic E-state index is 12.2. The maximum atomic E-state index is 12.2. The van der Waals surface area contributed by atoms with Gasteiger partial charge in [0.15, 0.2) is 6.61 Å². The summed E-state index contributed by atoms with van der Waals surface area (Å²) in [7, 11) is 2.97. The SMILES string of the molecule is CNC(=O)CN(C)C(=O)COC(=O)Cn1c(CSC)nc2ccccc21. The molecule has 0 spiro atoms. The lowest BCUT2D eigenvalue weighted by molar-refractivity contribution is -0.152. The third kappa shape index (κ3) is 4.98. The third-order valence-corrected chi connectivity index (χ3v) is 4.28. The number of fused-ring (bicyclic) bond motifs is 1. The largest absolute Gasteiger partial charge is 0.454 e. The highest BCUT2D eigenvalue weighted by Gasteiger charge is 2.17. The number of carbonyl (C=O) groups excluding carboxylic acids is 3. The topological polar surface area (TPSA) is 93.5 Å². The van der Waals surface area contributed by atoms with Gasteiger partial charge in [0.05, 0.1) is 23.3 Å².